The minimum absolute atomic E-state index is 0.153. The molecule has 0 spiro atoms. The van der Waals surface area contributed by atoms with Gasteiger partial charge in [-0.05, 0) is 50.1 Å². The van der Waals surface area contributed by atoms with E-state index in [0.29, 0.717) is 30.1 Å². The van der Waals surface area contributed by atoms with Crippen LogP contribution in [0.5, 0.6) is 5.75 Å². The quantitative estimate of drug-likeness (QED) is 0.873. The van der Waals surface area contributed by atoms with Gasteiger partial charge in [-0.15, -0.1) is 0 Å². The molecule has 0 atom stereocenters. The van der Waals surface area contributed by atoms with Gasteiger partial charge >= 0.3 is 0 Å². The van der Waals surface area contributed by atoms with Crippen LogP contribution >= 0.6 is 0 Å². The van der Waals surface area contributed by atoms with Crippen molar-refractivity contribution < 1.29 is 17.9 Å². The first-order chi connectivity index (χ1) is 12.4. The van der Waals surface area contributed by atoms with Crippen molar-refractivity contribution in [3.63, 3.8) is 0 Å². The van der Waals surface area contributed by atoms with E-state index < -0.39 is 10.0 Å². The van der Waals surface area contributed by atoms with Crippen LogP contribution in [0.1, 0.15) is 28.8 Å². The SMILES string of the molecule is COc1ccc(S(=O)(=O)N2CCCC2)cc1NC(=O)c1cccc(C)c1. The molecule has 0 saturated carbocycles. The van der Waals surface area contributed by atoms with Crippen LogP contribution in [0.4, 0.5) is 5.69 Å². The summed E-state index contributed by atoms with van der Waals surface area (Å²) in [5.41, 5.74) is 1.80. The second-order valence-corrected chi connectivity index (χ2v) is 8.23. The van der Waals surface area contributed by atoms with Crippen molar-refractivity contribution in [3.8, 4) is 5.75 Å². The largest absolute Gasteiger partial charge is 0.495 e. The summed E-state index contributed by atoms with van der Waals surface area (Å²) in [4.78, 5) is 12.7. The highest BCUT2D eigenvalue weighted by Gasteiger charge is 2.28. The van der Waals surface area contributed by atoms with Gasteiger partial charge < -0.3 is 10.1 Å². The molecule has 1 fully saturated rings. The van der Waals surface area contributed by atoms with E-state index >= 15 is 0 Å². The van der Waals surface area contributed by atoms with Gasteiger partial charge in [0.25, 0.3) is 5.91 Å². The van der Waals surface area contributed by atoms with Gasteiger partial charge in [-0.25, -0.2) is 8.42 Å². The van der Waals surface area contributed by atoms with Crippen LogP contribution in [0.3, 0.4) is 0 Å². The van der Waals surface area contributed by atoms with E-state index in [2.05, 4.69) is 5.32 Å². The predicted octanol–water partition coefficient (Wildman–Crippen LogP) is 3.04. The summed E-state index contributed by atoms with van der Waals surface area (Å²) < 4.78 is 32.3. The molecule has 1 N–H and O–H groups in total. The summed E-state index contributed by atoms with van der Waals surface area (Å²) in [6, 6.07) is 11.7. The van der Waals surface area contributed by atoms with Crippen LogP contribution in [0.15, 0.2) is 47.4 Å². The zero-order chi connectivity index (χ0) is 18.7. The van der Waals surface area contributed by atoms with Crippen molar-refractivity contribution in [1.82, 2.24) is 4.31 Å². The van der Waals surface area contributed by atoms with E-state index in [0.717, 1.165) is 18.4 Å². The lowest BCUT2D eigenvalue weighted by molar-refractivity contribution is 0.102. The van der Waals surface area contributed by atoms with Crippen molar-refractivity contribution in [3.05, 3.63) is 53.6 Å². The third kappa shape index (κ3) is 3.73. The van der Waals surface area contributed by atoms with E-state index in [9.17, 15) is 13.2 Å². The molecule has 0 unspecified atom stereocenters. The molecule has 2 aromatic carbocycles. The van der Waals surface area contributed by atoms with Gasteiger partial charge in [0.15, 0.2) is 0 Å². The van der Waals surface area contributed by atoms with Crippen molar-refractivity contribution in [2.45, 2.75) is 24.7 Å². The number of carbonyl (C=O) groups is 1. The fourth-order valence-electron chi connectivity index (χ4n) is 3.00. The zero-order valence-electron chi connectivity index (χ0n) is 14.9. The Kier molecular flexibility index (Phi) is 5.29. The molecule has 6 nitrogen and oxygen atoms in total. The molecule has 138 valence electrons. The molecule has 7 heteroatoms. The summed E-state index contributed by atoms with van der Waals surface area (Å²) in [6.45, 7) is 2.96. The number of hydrogen-bond donors (Lipinski definition) is 1. The summed E-state index contributed by atoms with van der Waals surface area (Å²) in [7, 11) is -2.09. The van der Waals surface area contributed by atoms with Crippen LogP contribution < -0.4 is 10.1 Å². The molecule has 1 heterocycles. The molecular formula is C19H22N2O4S. The third-order valence-electron chi connectivity index (χ3n) is 4.40. The number of aryl methyl sites for hydroxylation is 1. The highest BCUT2D eigenvalue weighted by atomic mass is 32.2. The minimum Gasteiger partial charge on any atom is -0.495 e. The number of nitrogens with zero attached hydrogens (tertiary/aromatic N) is 1. The number of ether oxygens (including phenoxy) is 1. The average Bonchev–Trinajstić information content (AvgIpc) is 3.17. The maximum absolute atomic E-state index is 12.8. The Balaban J connectivity index is 1.92. The van der Waals surface area contributed by atoms with Crippen LogP contribution in [0.25, 0.3) is 0 Å². The van der Waals surface area contributed by atoms with Gasteiger partial charge in [-0.1, -0.05) is 17.7 Å². The van der Waals surface area contributed by atoms with Crippen LogP contribution in [0.2, 0.25) is 0 Å². The monoisotopic (exact) mass is 374 g/mol. The Morgan fingerprint density at radius 2 is 1.85 bits per heavy atom. The topological polar surface area (TPSA) is 75.7 Å². The molecule has 3 rings (SSSR count). The normalized spacial score (nSPS) is 15.0. The molecule has 1 aliphatic heterocycles. The maximum Gasteiger partial charge on any atom is 0.255 e. The Morgan fingerprint density at radius 1 is 1.12 bits per heavy atom. The van der Waals surface area contributed by atoms with E-state index in [1.165, 1.54) is 23.5 Å². The molecule has 0 radical (unpaired) electrons. The second-order valence-electron chi connectivity index (χ2n) is 6.30. The molecule has 0 aromatic heterocycles. The van der Waals surface area contributed by atoms with Gasteiger partial charge in [0.2, 0.25) is 10.0 Å². The number of methoxy groups -OCH3 is 1. The lowest BCUT2D eigenvalue weighted by atomic mass is 10.1. The Hall–Kier alpha value is -2.38. The lowest BCUT2D eigenvalue weighted by Gasteiger charge is -2.17. The van der Waals surface area contributed by atoms with Gasteiger partial charge in [0.1, 0.15) is 5.75 Å². The molecule has 0 aliphatic carbocycles. The maximum atomic E-state index is 12.8. The van der Waals surface area contributed by atoms with Gasteiger partial charge in [-0.2, -0.15) is 4.31 Å². The van der Waals surface area contributed by atoms with E-state index in [4.69, 9.17) is 4.74 Å². The zero-order valence-corrected chi connectivity index (χ0v) is 15.7. The van der Waals surface area contributed by atoms with Crippen LogP contribution in [-0.2, 0) is 10.0 Å². The summed E-state index contributed by atoms with van der Waals surface area (Å²) in [6.07, 6.45) is 1.73. The molecule has 0 bridgehead atoms. The number of benzene rings is 2. The second kappa shape index (κ2) is 7.47. The molecular weight excluding hydrogens is 352 g/mol. The first-order valence-corrected chi connectivity index (χ1v) is 9.92. The summed E-state index contributed by atoms with van der Waals surface area (Å²) in [5.74, 6) is 0.0918. The Labute approximate surface area is 153 Å². The number of carbonyl (C=O) groups excluding carboxylic acids is 1. The van der Waals surface area contributed by atoms with Crippen molar-refractivity contribution in [1.29, 1.82) is 0 Å². The first kappa shape index (κ1) is 18.4. The molecule has 1 aliphatic rings. The average molecular weight is 374 g/mol. The number of rotatable bonds is 5. The first-order valence-electron chi connectivity index (χ1n) is 8.48. The highest BCUT2D eigenvalue weighted by Crippen LogP contribution is 2.30. The fraction of sp³-hybridized carbons (Fsp3) is 0.316. The molecule has 1 amide bonds. The van der Waals surface area contributed by atoms with Crippen LogP contribution in [0, 0.1) is 6.92 Å². The number of amides is 1. The van der Waals surface area contributed by atoms with Crippen molar-refractivity contribution >= 4 is 21.6 Å². The van der Waals surface area contributed by atoms with Crippen LogP contribution in [-0.4, -0.2) is 38.8 Å². The summed E-state index contributed by atoms with van der Waals surface area (Å²) in [5, 5.41) is 2.76. The van der Waals surface area contributed by atoms with Gasteiger partial charge in [-0.3, -0.25) is 4.79 Å². The number of anilines is 1. The standard InChI is InChI=1S/C19H22N2O4S/c1-14-6-5-7-15(12-14)19(22)20-17-13-16(8-9-18(17)25-2)26(23,24)21-10-3-4-11-21/h5-9,12-13H,3-4,10-11H2,1-2H3,(H,20,22). The Bertz CT molecular complexity index is 919. The molecule has 1 saturated heterocycles. The van der Waals surface area contributed by atoms with E-state index in [1.54, 1.807) is 24.3 Å². The van der Waals surface area contributed by atoms with Crippen molar-refractivity contribution in [2.75, 3.05) is 25.5 Å². The third-order valence-corrected chi connectivity index (χ3v) is 6.30. The number of nitrogens with one attached hydrogen (secondary N) is 1. The van der Waals surface area contributed by atoms with E-state index in [-0.39, 0.29) is 10.8 Å². The molecule has 2 aromatic rings. The smallest absolute Gasteiger partial charge is 0.255 e. The Morgan fingerprint density at radius 3 is 2.50 bits per heavy atom. The van der Waals surface area contributed by atoms with Crippen molar-refractivity contribution in [2.24, 2.45) is 0 Å². The minimum atomic E-state index is -3.57. The summed E-state index contributed by atoms with van der Waals surface area (Å²) >= 11 is 0. The lowest BCUT2D eigenvalue weighted by Crippen LogP contribution is -2.28. The van der Waals surface area contributed by atoms with E-state index in [1.807, 2.05) is 13.0 Å². The molecule has 26 heavy (non-hydrogen) atoms. The predicted molar refractivity (Wildman–Crippen MR) is 100 cm³/mol. The van der Waals surface area contributed by atoms with Gasteiger partial charge in [0.05, 0.1) is 17.7 Å². The fourth-order valence-corrected chi connectivity index (χ4v) is 4.55. The van der Waals surface area contributed by atoms with Gasteiger partial charge in [0, 0.05) is 18.7 Å². The number of sulfonamides is 1. The number of hydrogen-bond acceptors (Lipinski definition) is 4. The highest BCUT2D eigenvalue weighted by molar-refractivity contribution is 7.89.